The Labute approximate surface area is 127 Å². The highest BCUT2D eigenvalue weighted by atomic mass is 79.9. The molecule has 0 amide bonds. The summed E-state index contributed by atoms with van der Waals surface area (Å²) in [6.45, 7) is 1.32. The van der Waals surface area contributed by atoms with E-state index in [4.69, 9.17) is 4.74 Å². The summed E-state index contributed by atoms with van der Waals surface area (Å²) in [5.74, 6) is 0.202. The van der Waals surface area contributed by atoms with Crippen LogP contribution in [-0.4, -0.2) is 11.9 Å². The fraction of sp³-hybridized carbons (Fsp3) is 0.294. The van der Waals surface area contributed by atoms with Gasteiger partial charge in [0.25, 0.3) is 0 Å². The van der Waals surface area contributed by atoms with Crippen molar-refractivity contribution in [3.8, 4) is 0 Å². The number of benzene rings is 2. The fourth-order valence-electron chi connectivity index (χ4n) is 2.03. The summed E-state index contributed by atoms with van der Waals surface area (Å²) in [5.41, 5.74) is 2.32. The lowest BCUT2D eigenvalue weighted by Crippen LogP contribution is -2.14. The van der Waals surface area contributed by atoms with Crippen molar-refractivity contribution in [3.05, 3.63) is 71.5 Å². The maximum atomic E-state index is 12.9. The van der Waals surface area contributed by atoms with Crippen LogP contribution >= 0.6 is 15.9 Å². The zero-order chi connectivity index (χ0) is 14.2. The Bertz CT molecular complexity index is 498. The molecule has 106 valence electrons. The lowest BCUT2D eigenvalue weighted by atomic mass is 10.0. The maximum Gasteiger partial charge on any atom is 0.123 e. The number of ether oxygens (including phenoxy) is 1. The second kappa shape index (κ2) is 8.18. The van der Waals surface area contributed by atoms with Crippen LogP contribution in [0.3, 0.4) is 0 Å². The summed E-state index contributed by atoms with van der Waals surface area (Å²) >= 11 is 3.52. The molecular formula is C17H18BrFO. The van der Waals surface area contributed by atoms with Crippen LogP contribution in [0.1, 0.15) is 11.1 Å². The van der Waals surface area contributed by atoms with Crippen molar-refractivity contribution in [1.29, 1.82) is 0 Å². The van der Waals surface area contributed by atoms with Gasteiger partial charge in [0.15, 0.2) is 0 Å². The number of hydrogen-bond acceptors (Lipinski definition) is 1. The molecule has 0 aliphatic rings. The molecule has 0 spiro atoms. The average molecular weight is 337 g/mol. The first-order chi connectivity index (χ1) is 9.78. The van der Waals surface area contributed by atoms with Gasteiger partial charge in [0.1, 0.15) is 5.82 Å². The highest BCUT2D eigenvalue weighted by molar-refractivity contribution is 9.09. The second-order valence-corrected chi connectivity index (χ2v) is 5.50. The third-order valence-electron chi connectivity index (χ3n) is 3.12. The minimum Gasteiger partial charge on any atom is -0.376 e. The smallest absolute Gasteiger partial charge is 0.123 e. The van der Waals surface area contributed by atoms with Gasteiger partial charge in [-0.3, -0.25) is 0 Å². The van der Waals surface area contributed by atoms with Crippen LogP contribution in [0.2, 0.25) is 0 Å². The average Bonchev–Trinajstić information content (AvgIpc) is 2.49. The SMILES string of the molecule is Fc1ccc(CC(CBr)COCc2ccccc2)cc1. The highest BCUT2D eigenvalue weighted by Gasteiger charge is 2.09. The van der Waals surface area contributed by atoms with Crippen LogP contribution in [0, 0.1) is 11.7 Å². The Balaban J connectivity index is 1.79. The summed E-state index contributed by atoms with van der Waals surface area (Å²) < 4.78 is 18.6. The van der Waals surface area contributed by atoms with E-state index in [9.17, 15) is 4.39 Å². The minimum absolute atomic E-state index is 0.190. The Morgan fingerprint density at radius 1 is 0.950 bits per heavy atom. The molecule has 1 nitrogen and oxygen atoms in total. The zero-order valence-corrected chi connectivity index (χ0v) is 12.9. The van der Waals surface area contributed by atoms with E-state index in [1.165, 1.54) is 17.7 Å². The Kier molecular flexibility index (Phi) is 6.22. The molecule has 20 heavy (non-hydrogen) atoms. The second-order valence-electron chi connectivity index (χ2n) is 4.85. The molecular weight excluding hydrogens is 319 g/mol. The number of rotatable bonds is 7. The van der Waals surface area contributed by atoms with Crippen LogP contribution in [-0.2, 0) is 17.8 Å². The summed E-state index contributed by atoms with van der Waals surface area (Å²) in [5, 5.41) is 0.874. The molecule has 2 rings (SSSR count). The van der Waals surface area contributed by atoms with Gasteiger partial charge in [-0.1, -0.05) is 58.4 Å². The zero-order valence-electron chi connectivity index (χ0n) is 11.3. The van der Waals surface area contributed by atoms with Crippen LogP contribution in [0.15, 0.2) is 54.6 Å². The van der Waals surface area contributed by atoms with Gasteiger partial charge in [-0.25, -0.2) is 4.39 Å². The van der Waals surface area contributed by atoms with Crippen molar-refractivity contribution >= 4 is 15.9 Å². The normalized spacial score (nSPS) is 12.3. The van der Waals surface area contributed by atoms with Gasteiger partial charge in [0, 0.05) is 5.33 Å². The van der Waals surface area contributed by atoms with Crippen LogP contribution < -0.4 is 0 Å². The van der Waals surface area contributed by atoms with Gasteiger partial charge in [-0.2, -0.15) is 0 Å². The van der Waals surface area contributed by atoms with Gasteiger partial charge >= 0.3 is 0 Å². The molecule has 1 unspecified atom stereocenters. The van der Waals surface area contributed by atoms with E-state index in [1.54, 1.807) is 0 Å². The predicted molar refractivity (Wildman–Crippen MR) is 83.5 cm³/mol. The molecule has 2 aromatic rings. The van der Waals surface area contributed by atoms with E-state index < -0.39 is 0 Å². The molecule has 0 saturated heterocycles. The van der Waals surface area contributed by atoms with Gasteiger partial charge in [0.2, 0.25) is 0 Å². The summed E-state index contributed by atoms with van der Waals surface area (Å²) in [4.78, 5) is 0. The molecule has 3 heteroatoms. The van der Waals surface area contributed by atoms with Crippen molar-refractivity contribution in [2.75, 3.05) is 11.9 Å². The highest BCUT2D eigenvalue weighted by Crippen LogP contribution is 2.13. The van der Waals surface area contributed by atoms with E-state index in [-0.39, 0.29) is 5.82 Å². The van der Waals surface area contributed by atoms with Gasteiger partial charge in [-0.15, -0.1) is 0 Å². The number of alkyl halides is 1. The van der Waals surface area contributed by atoms with Crippen molar-refractivity contribution in [3.63, 3.8) is 0 Å². The third kappa shape index (κ3) is 5.06. The summed E-state index contributed by atoms with van der Waals surface area (Å²) in [7, 11) is 0. The van der Waals surface area contributed by atoms with Crippen molar-refractivity contribution < 1.29 is 9.13 Å². The number of halogens is 2. The first-order valence-corrected chi connectivity index (χ1v) is 7.82. The van der Waals surface area contributed by atoms with E-state index in [0.717, 1.165) is 17.3 Å². The minimum atomic E-state index is -0.190. The van der Waals surface area contributed by atoms with Crippen LogP contribution in [0.25, 0.3) is 0 Å². The van der Waals surface area contributed by atoms with Gasteiger partial charge in [-0.05, 0) is 35.6 Å². The first-order valence-electron chi connectivity index (χ1n) is 6.70. The summed E-state index contributed by atoms with van der Waals surface area (Å²) in [6, 6.07) is 16.8. The van der Waals surface area contributed by atoms with Crippen LogP contribution in [0.5, 0.6) is 0 Å². The molecule has 0 aliphatic carbocycles. The Morgan fingerprint density at radius 3 is 2.30 bits per heavy atom. The molecule has 0 aliphatic heterocycles. The Hall–Kier alpha value is -1.19. The molecule has 0 radical (unpaired) electrons. The lowest BCUT2D eigenvalue weighted by molar-refractivity contribution is 0.0938. The Morgan fingerprint density at radius 2 is 1.65 bits per heavy atom. The van der Waals surface area contributed by atoms with E-state index >= 15 is 0 Å². The maximum absolute atomic E-state index is 12.9. The third-order valence-corrected chi connectivity index (χ3v) is 4.04. The summed E-state index contributed by atoms with van der Waals surface area (Å²) in [6.07, 6.45) is 0.889. The molecule has 0 bridgehead atoms. The van der Waals surface area contributed by atoms with Gasteiger partial charge < -0.3 is 4.74 Å². The van der Waals surface area contributed by atoms with Crippen molar-refractivity contribution in [2.24, 2.45) is 5.92 Å². The van der Waals surface area contributed by atoms with E-state index in [2.05, 4.69) is 28.1 Å². The first kappa shape index (κ1) is 15.2. The molecule has 0 saturated carbocycles. The van der Waals surface area contributed by atoms with Gasteiger partial charge in [0.05, 0.1) is 13.2 Å². The van der Waals surface area contributed by atoms with Crippen LogP contribution in [0.4, 0.5) is 4.39 Å². The molecule has 0 heterocycles. The lowest BCUT2D eigenvalue weighted by Gasteiger charge is -2.14. The van der Waals surface area contributed by atoms with Crippen molar-refractivity contribution in [2.45, 2.75) is 13.0 Å². The quantitative estimate of drug-likeness (QED) is 0.671. The van der Waals surface area contributed by atoms with Crippen molar-refractivity contribution in [1.82, 2.24) is 0 Å². The molecule has 1 atom stereocenters. The predicted octanol–water partition coefficient (Wildman–Crippen LogP) is 4.60. The molecule has 2 aromatic carbocycles. The van der Waals surface area contributed by atoms with E-state index in [0.29, 0.717) is 19.1 Å². The topological polar surface area (TPSA) is 9.23 Å². The van der Waals surface area contributed by atoms with E-state index in [1.807, 2.05) is 30.3 Å². The molecule has 0 aromatic heterocycles. The monoisotopic (exact) mass is 336 g/mol. The standard InChI is InChI=1S/C17H18BrFO/c18-11-16(10-14-6-8-17(19)9-7-14)13-20-12-15-4-2-1-3-5-15/h1-9,16H,10-13H2. The fourth-order valence-corrected chi connectivity index (χ4v) is 2.45. The molecule has 0 fully saturated rings. The molecule has 0 N–H and O–H groups in total. The number of hydrogen-bond donors (Lipinski definition) is 0. The largest absolute Gasteiger partial charge is 0.376 e.